The zero-order valence-electron chi connectivity index (χ0n) is 12.3. The summed E-state index contributed by atoms with van der Waals surface area (Å²) in [7, 11) is 0. The summed E-state index contributed by atoms with van der Waals surface area (Å²) in [6, 6.07) is 2.65. The summed E-state index contributed by atoms with van der Waals surface area (Å²) in [5.74, 6) is -1.03. The molecule has 0 aliphatic carbocycles. The number of halogens is 1. The Kier molecular flexibility index (Phi) is 6.28. The molecule has 4 nitrogen and oxygen atoms in total. The Morgan fingerprint density at radius 1 is 1.20 bits per heavy atom. The van der Waals surface area contributed by atoms with Crippen molar-refractivity contribution in [2.45, 2.75) is 39.5 Å². The molecule has 0 aliphatic rings. The number of nitrogens with zero attached hydrogens (tertiary/aromatic N) is 1. The zero-order valence-corrected chi connectivity index (χ0v) is 12.3. The van der Waals surface area contributed by atoms with E-state index in [9.17, 15) is 9.18 Å². The highest BCUT2D eigenvalue weighted by Gasteiger charge is 2.16. The van der Waals surface area contributed by atoms with E-state index in [0.29, 0.717) is 5.69 Å². The minimum Gasteiger partial charge on any atom is -0.398 e. The average Bonchev–Trinajstić information content (AvgIpc) is 2.39. The second kappa shape index (κ2) is 7.72. The van der Waals surface area contributed by atoms with E-state index in [2.05, 4.69) is 13.8 Å². The summed E-state index contributed by atoms with van der Waals surface area (Å²) in [6.07, 6.45) is 4.00. The summed E-state index contributed by atoms with van der Waals surface area (Å²) in [5.41, 5.74) is 11.6. The Morgan fingerprint density at radius 3 is 2.20 bits per heavy atom. The van der Waals surface area contributed by atoms with Crippen molar-refractivity contribution in [1.29, 1.82) is 0 Å². The highest BCUT2D eigenvalue weighted by molar-refractivity contribution is 5.99. The van der Waals surface area contributed by atoms with Crippen molar-refractivity contribution in [3.8, 4) is 0 Å². The second-order valence-corrected chi connectivity index (χ2v) is 4.95. The first-order chi connectivity index (χ1) is 9.51. The van der Waals surface area contributed by atoms with Crippen molar-refractivity contribution in [2.24, 2.45) is 5.73 Å². The Labute approximate surface area is 119 Å². The molecule has 112 valence electrons. The van der Waals surface area contributed by atoms with E-state index in [-0.39, 0.29) is 11.3 Å². The molecule has 1 rings (SSSR count). The van der Waals surface area contributed by atoms with Crippen molar-refractivity contribution < 1.29 is 9.18 Å². The number of rotatable bonds is 8. The SMILES string of the molecule is CCCCN(CCCC)c1cc(C(N)=O)c(N)cc1F. The second-order valence-electron chi connectivity index (χ2n) is 4.95. The molecule has 0 atom stereocenters. The van der Waals surface area contributed by atoms with Crippen LogP contribution in [0.25, 0.3) is 0 Å². The summed E-state index contributed by atoms with van der Waals surface area (Å²) in [5, 5.41) is 0. The topological polar surface area (TPSA) is 72.3 Å². The minimum absolute atomic E-state index is 0.0877. The molecule has 0 saturated carbocycles. The van der Waals surface area contributed by atoms with Crippen LogP contribution in [0.1, 0.15) is 49.9 Å². The molecule has 0 bridgehead atoms. The molecule has 1 amide bonds. The lowest BCUT2D eigenvalue weighted by Gasteiger charge is -2.26. The smallest absolute Gasteiger partial charge is 0.250 e. The first-order valence-electron chi connectivity index (χ1n) is 7.15. The van der Waals surface area contributed by atoms with Crippen molar-refractivity contribution in [1.82, 2.24) is 0 Å². The molecule has 0 aromatic heterocycles. The van der Waals surface area contributed by atoms with Gasteiger partial charge in [0, 0.05) is 18.8 Å². The molecule has 0 aliphatic heterocycles. The van der Waals surface area contributed by atoms with Crippen LogP contribution >= 0.6 is 0 Å². The van der Waals surface area contributed by atoms with Gasteiger partial charge in [-0.2, -0.15) is 0 Å². The van der Waals surface area contributed by atoms with Gasteiger partial charge in [0.25, 0.3) is 5.91 Å². The first kappa shape index (κ1) is 16.3. The van der Waals surface area contributed by atoms with Gasteiger partial charge >= 0.3 is 0 Å². The molecule has 0 heterocycles. The van der Waals surface area contributed by atoms with Gasteiger partial charge in [-0.05, 0) is 25.0 Å². The molecule has 0 unspecified atom stereocenters. The number of carbonyl (C=O) groups excluding carboxylic acids is 1. The highest BCUT2D eigenvalue weighted by Crippen LogP contribution is 2.26. The number of hydrogen-bond donors (Lipinski definition) is 2. The Morgan fingerprint density at radius 2 is 1.75 bits per heavy atom. The van der Waals surface area contributed by atoms with Crippen molar-refractivity contribution in [3.05, 3.63) is 23.5 Å². The summed E-state index contributed by atoms with van der Waals surface area (Å²) >= 11 is 0. The van der Waals surface area contributed by atoms with Crippen LogP contribution < -0.4 is 16.4 Å². The number of carbonyl (C=O) groups is 1. The predicted octanol–water partition coefficient (Wildman–Crippen LogP) is 2.91. The predicted molar refractivity (Wildman–Crippen MR) is 81.4 cm³/mol. The summed E-state index contributed by atoms with van der Waals surface area (Å²) in [6.45, 7) is 5.70. The Bertz CT molecular complexity index is 455. The van der Waals surface area contributed by atoms with Gasteiger partial charge in [-0.15, -0.1) is 0 Å². The average molecular weight is 281 g/mol. The van der Waals surface area contributed by atoms with Crippen molar-refractivity contribution in [3.63, 3.8) is 0 Å². The van der Waals surface area contributed by atoms with Gasteiger partial charge in [0.1, 0.15) is 5.82 Å². The monoisotopic (exact) mass is 281 g/mol. The third kappa shape index (κ3) is 4.11. The quantitative estimate of drug-likeness (QED) is 0.720. The maximum absolute atomic E-state index is 14.1. The normalized spacial score (nSPS) is 10.6. The fourth-order valence-electron chi connectivity index (χ4n) is 2.08. The van der Waals surface area contributed by atoms with Crippen LogP contribution in [0.2, 0.25) is 0 Å². The first-order valence-corrected chi connectivity index (χ1v) is 7.15. The van der Waals surface area contributed by atoms with E-state index in [1.165, 1.54) is 12.1 Å². The van der Waals surface area contributed by atoms with Gasteiger partial charge in [0.2, 0.25) is 0 Å². The van der Waals surface area contributed by atoms with Crippen molar-refractivity contribution >= 4 is 17.3 Å². The van der Waals surface area contributed by atoms with E-state index in [1.54, 1.807) is 0 Å². The lowest BCUT2D eigenvalue weighted by atomic mass is 10.1. The van der Waals surface area contributed by atoms with Gasteiger partial charge < -0.3 is 16.4 Å². The summed E-state index contributed by atoms with van der Waals surface area (Å²) < 4.78 is 14.1. The van der Waals surface area contributed by atoms with Crippen molar-refractivity contribution in [2.75, 3.05) is 23.7 Å². The van der Waals surface area contributed by atoms with Crippen LogP contribution in [-0.4, -0.2) is 19.0 Å². The highest BCUT2D eigenvalue weighted by atomic mass is 19.1. The third-order valence-electron chi connectivity index (χ3n) is 3.29. The van der Waals surface area contributed by atoms with Gasteiger partial charge in [-0.3, -0.25) is 4.79 Å². The van der Waals surface area contributed by atoms with Gasteiger partial charge in [0.05, 0.1) is 11.3 Å². The number of amides is 1. The molecule has 1 aromatic carbocycles. The van der Waals surface area contributed by atoms with Gasteiger partial charge in [-0.1, -0.05) is 26.7 Å². The van der Waals surface area contributed by atoms with Crippen LogP contribution in [0, 0.1) is 5.82 Å². The molecule has 20 heavy (non-hydrogen) atoms. The molecular formula is C15H24FN3O. The molecule has 4 N–H and O–H groups in total. The Hall–Kier alpha value is -1.78. The number of nitrogen functional groups attached to an aromatic ring is 1. The van der Waals surface area contributed by atoms with E-state index in [0.717, 1.165) is 38.8 Å². The van der Waals surface area contributed by atoms with Gasteiger partial charge in [-0.25, -0.2) is 4.39 Å². The number of hydrogen-bond acceptors (Lipinski definition) is 3. The molecule has 0 saturated heterocycles. The summed E-state index contributed by atoms with van der Waals surface area (Å²) in [4.78, 5) is 13.3. The van der Waals surface area contributed by atoms with E-state index < -0.39 is 11.7 Å². The fraction of sp³-hybridized carbons (Fsp3) is 0.533. The van der Waals surface area contributed by atoms with E-state index >= 15 is 0 Å². The van der Waals surface area contributed by atoms with Gasteiger partial charge in [0.15, 0.2) is 0 Å². The number of unbranched alkanes of at least 4 members (excludes halogenated alkanes) is 2. The molecule has 0 fully saturated rings. The molecule has 0 spiro atoms. The van der Waals surface area contributed by atoms with Crippen LogP contribution in [0.4, 0.5) is 15.8 Å². The molecule has 5 heteroatoms. The lowest BCUT2D eigenvalue weighted by molar-refractivity contribution is 0.100. The third-order valence-corrected chi connectivity index (χ3v) is 3.29. The van der Waals surface area contributed by atoms with Crippen LogP contribution in [0.15, 0.2) is 12.1 Å². The van der Waals surface area contributed by atoms with E-state index in [4.69, 9.17) is 11.5 Å². The molecule has 0 radical (unpaired) electrons. The fourth-order valence-corrected chi connectivity index (χ4v) is 2.08. The van der Waals surface area contributed by atoms with Crippen LogP contribution in [0.5, 0.6) is 0 Å². The molecular weight excluding hydrogens is 257 g/mol. The number of nitrogens with two attached hydrogens (primary N) is 2. The van der Waals surface area contributed by atoms with Crippen LogP contribution in [-0.2, 0) is 0 Å². The molecule has 1 aromatic rings. The maximum atomic E-state index is 14.1. The largest absolute Gasteiger partial charge is 0.398 e. The number of anilines is 2. The zero-order chi connectivity index (χ0) is 15.1. The van der Waals surface area contributed by atoms with E-state index in [1.807, 2.05) is 4.90 Å². The lowest BCUT2D eigenvalue weighted by Crippen LogP contribution is -2.27. The van der Waals surface area contributed by atoms with Crippen LogP contribution in [0.3, 0.4) is 0 Å². The number of benzene rings is 1. The Balaban J connectivity index is 3.10. The standard InChI is InChI=1S/C15H24FN3O/c1-3-5-7-19(8-6-4-2)14-9-11(15(18)20)13(17)10-12(14)16/h9-10H,3-8,17H2,1-2H3,(H2,18,20). The minimum atomic E-state index is -0.630. The number of primary amides is 1. The maximum Gasteiger partial charge on any atom is 0.250 e.